The van der Waals surface area contributed by atoms with E-state index in [0.717, 1.165) is 17.8 Å². The van der Waals surface area contributed by atoms with Crippen LogP contribution in [0.15, 0.2) is 52.3 Å². The molecule has 0 spiro atoms. The minimum absolute atomic E-state index is 0.0741. The molecule has 2 aromatic rings. The monoisotopic (exact) mass is 322 g/mol. The van der Waals surface area contributed by atoms with Crippen LogP contribution in [0.1, 0.15) is 5.56 Å². The van der Waals surface area contributed by atoms with Gasteiger partial charge in [0.2, 0.25) is 0 Å². The molecule has 0 amide bonds. The molecule has 100 valence electrons. The fourth-order valence-corrected chi connectivity index (χ4v) is 3.10. The summed E-state index contributed by atoms with van der Waals surface area (Å²) in [5, 5.41) is 0.656. The highest BCUT2D eigenvalue weighted by Gasteiger charge is 2.33. The van der Waals surface area contributed by atoms with Crippen LogP contribution in [0.25, 0.3) is 0 Å². The van der Waals surface area contributed by atoms with Crippen molar-refractivity contribution in [3.05, 3.63) is 58.1 Å². The van der Waals surface area contributed by atoms with Gasteiger partial charge >= 0.3 is 6.18 Å². The predicted molar refractivity (Wildman–Crippen MR) is 72.0 cm³/mol. The summed E-state index contributed by atoms with van der Waals surface area (Å²) in [7, 11) is 0. The highest BCUT2D eigenvalue weighted by molar-refractivity contribution is 7.99. The summed E-state index contributed by atoms with van der Waals surface area (Å²) in [5.74, 6) is 0. The zero-order valence-electron chi connectivity index (χ0n) is 9.34. The smallest absolute Gasteiger partial charge is 0.166 e. The lowest BCUT2D eigenvalue weighted by atomic mass is 10.2. The van der Waals surface area contributed by atoms with Crippen molar-refractivity contribution in [2.75, 3.05) is 0 Å². The van der Waals surface area contributed by atoms with Crippen LogP contribution in [0.4, 0.5) is 13.2 Å². The Balaban J connectivity index is 2.45. The molecule has 0 saturated heterocycles. The summed E-state index contributed by atoms with van der Waals surface area (Å²) in [6.45, 7) is 0. The first-order valence-electron chi connectivity index (χ1n) is 5.17. The first-order chi connectivity index (χ1) is 8.89. The summed E-state index contributed by atoms with van der Waals surface area (Å²) in [6.07, 6.45) is -4.41. The summed E-state index contributed by atoms with van der Waals surface area (Å²) in [5.41, 5.74) is -0.698. The lowest BCUT2D eigenvalue weighted by Gasteiger charge is -2.13. The van der Waals surface area contributed by atoms with Gasteiger partial charge in [-0.1, -0.05) is 53.2 Å². The van der Waals surface area contributed by atoms with Gasteiger partial charge in [-0.05, 0) is 24.3 Å². The fourth-order valence-electron chi connectivity index (χ4n) is 1.48. The quantitative estimate of drug-likeness (QED) is 0.637. The third-order valence-electron chi connectivity index (χ3n) is 2.32. The Bertz CT molecular complexity index is 576. The number of halogens is 5. The molecule has 0 aromatic heterocycles. The van der Waals surface area contributed by atoms with Crippen LogP contribution in [-0.4, -0.2) is 0 Å². The van der Waals surface area contributed by atoms with Gasteiger partial charge in [-0.2, -0.15) is 13.2 Å². The molecule has 0 saturated carbocycles. The Morgan fingerprint density at radius 3 is 2.00 bits per heavy atom. The summed E-state index contributed by atoms with van der Waals surface area (Å²) in [6, 6.07) is 10.1. The van der Waals surface area contributed by atoms with E-state index in [1.165, 1.54) is 12.1 Å². The van der Waals surface area contributed by atoms with E-state index in [1.807, 2.05) is 0 Å². The molecule has 2 aromatic carbocycles. The van der Waals surface area contributed by atoms with Crippen molar-refractivity contribution in [3.8, 4) is 0 Å². The maximum absolute atomic E-state index is 12.9. The van der Waals surface area contributed by atoms with Crippen molar-refractivity contribution in [3.63, 3.8) is 0 Å². The fraction of sp³-hybridized carbons (Fsp3) is 0.0769. The third-order valence-corrected chi connectivity index (χ3v) is 4.40. The molecule has 0 aliphatic carbocycles. The molecule has 0 nitrogen and oxygen atoms in total. The van der Waals surface area contributed by atoms with Crippen molar-refractivity contribution >= 4 is 35.0 Å². The average Bonchev–Trinajstić information content (AvgIpc) is 2.33. The Hall–Kier alpha value is -0.840. The van der Waals surface area contributed by atoms with Gasteiger partial charge in [0, 0.05) is 9.79 Å². The molecule has 0 N–H and O–H groups in total. The molecular formula is C13H7Cl2F3S. The van der Waals surface area contributed by atoms with Crippen LogP contribution in [-0.2, 0) is 6.18 Å². The van der Waals surface area contributed by atoms with E-state index in [9.17, 15) is 13.2 Å². The van der Waals surface area contributed by atoms with Crippen molar-refractivity contribution < 1.29 is 13.2 Å². The second kappa shape index (κ2) is 5.65. The zero-order valence-corrected chi connectivity index (χ0v) is 11.7. The van der Waals surface area contributed by atoms with Gasteiger partial charge in [0.1, 0.15) is 0 Å². The van der Waals surface area contributed by atoms with Gasteiger partial charge in [0.15, 0.2) is 0 Å². The Labute approximate surface area is 122 Å². The Morgan fingerprint density at radius 2 is 1.42 bits per heavy atom. The predicted octanol–water partition coefficient (Wildman–Crippen LogP) is 6.16. The molecule has 0 aliphatic rings. The minimum atomic E-state index is -4.41. The van der Waals surface area contributed by atoms with Crippen LogP contribution in [0.5, 0.6) is 0 Å². The first kappa shape index (κ1) is 14.6. The lowest BCUT2D eigenvalue weighted by Crippen LogP contribution is -2.06. The molecule has 0 aliphatic heterocycles. The number of alkyl halides is 3. The second-order valence-corrected chi connectivity index (χ2v) is 5.51. The van der Waals surface area contributed by atoms with E-state index < -0.39 is 11.7 Å². The topological polar surface area (TPSA) is 0 Å². The number of hydrogen-bond donors (Lipinski definition) is 0. The van der Waals surface area contributed by atoms with Gasteiger partial charge in [0.05, 0.1) is 15.6 Å². The van der Waals surface area contributed by atoms with Gasteiger partial charge in [-0.25, -0.2) is 0 Å². The number of benzene rings is 2. The molecule has 0 unspecified atom stereocenters. The highest BCUT2D eigenvalue weighted by atomic mass is 35.5. The van der Waals surface area contributed by atoms with E-state index in [0.29, 0.717) is 14.9 Å². The lowest BCUT2D eigenvalue weighted by molar-refractivity contribution is -0.139. The van der Waals surface area contributed by atoms with E-state index >= 15 is 0 Å². The SMILES string of the molecule is FC(F)(F)c1ccccc1Sc1c(Cl)cccc1Cl. The molecule has 0 bridgehead atoms. The zero-order chi connectivity index (χ0) is 14.0. The van der Waals surface area contributed by atoms with Crippen LogP contribution < -0.4 is 0 Å². The van der Waals surface area contributed by atoms with Crippen LogP contribution >= 0.6 is 35.0 Å². The largest absolute Gasteiger partial charge is 0.417 e. The minimum Gasteiger partial charge on any atom is -0.166 e. The molecule has 6 heteroatoms. The molecule has 0 radical (unpaired) electrons. The van der Waals surface area contributed by atoms with Gasteiger partial charge in [0.25, 0.3) is 0 Å². The normalized spacial score (nSPS) is 11.6. The molecule has 0 fully saturated rings. The third kappa shape index (κ3) is 3.38. The van der Waals surface area contributed by atoms with Crippen molar-refractivity contribution in [1.82, 2.24) is 0 Å². The summed E-state index contributed by atoms with van der Waals surface area (Å²) in [4.78, 5) is 0.493. The van der Waals surface area contributed by atoms with Gasteiger partial charge in [-0.3, -0.25) is 0 Å². The highest BCUT2D eigenvalue weighted by Crippen LogP contribution is 2.43. The molecule has 2 rings (SSSR count). The van der Waals surface area contributed by atoms with Crippen molar-refractivity contribution in [2.24, 2.45) is 0 Å². The maximum Gasteiger partial charge on any atom is 0.417 e. The van der Waals surface area contributed by atoms with E-state index in [1.54, 1.807) is 24.3 Å². The Morgan fingerprint density at radius 1 is 0.842 bits per heavy atom. The Kier molecular flexibility index (Phi) is 4.33. The molecule has 0 atom stereocenters. The van der Waals surface area contributed by atoms with Gasteiger partial charge < -0.3 is 0 Å². The van der Waals surface area contributed by atoms with Crippen molar-refractivity contribution in [2.45, 2.75) is 16.0 Å². The van der Waals surface area contributed by atoms with Gasteiger partial charge in [-0.15, -0.1) is 0 Å². The van der Waals surface area contributed by atoms with E-state index in [2.05, 4.69) is 0 Å². The molecular weight excluding hydrogens is 316 g/mol. The van der Waals surface area contributed by atoms with Crippen LogP contribution in [0.2, 0.25) is 10.0 Å². The molecule has 19 heavy (non-hydrogen) atoms. The van der Waals surface area contributed by atoms with Crippen molar-refractivity contribution in [1.29, 1.82) is 0 Å². The summed E-state index contributed by atoms with van der Waals surface area (Å²) < 4.78 is 38.6. The van der Waals surface area contributed by atoms with Crippen LogP contribution in [0.3, 0.4) is 0 Å². The van der Waals surface area contributed by atoms with E-state index in [-0.39, 0.29) is 4.90 Å². The van der Waals surface area contributed by atoms with E-state index in [4.69, 9.17) is 23.2 Å². The molecule has 0 heterocycles. The summed E-state index contributed by atoms with van der Waals surface area (Å²) >= 11 is 12.8. The number of hydrogen-bond acceptors (Lipinski definition) is 1. The second-order valence-electron chi connectivity index (χ2n) is 3.65. The first-order valence-corrected chi connectivity index (χ1v) is 6.75. The maximum atomic E-state index is 12.9. The number of rotatable bonds is 2. The average molecular weight is 323 g/mol. The standard InChI is InChI=1S/C13H7Cl2F3S/c14-9-5-3-6-10(15)12(9)19-11-7-2-1-4-8(11)13(16,17)18/h1-7H. The van der Waals surface area contributed by atoms with Crippen LogP contribution in [0, 0.1) is 0 Å².